The molecule has 4 rings (SSSR count). The number of carbonyl (C=O) groups is 3. The Labute approximate surface area is 210 Å². The fourth-order valence-electron chi connectivity index (χ4n) is 4.31. The average molecular weight is 512 g/mol. The number of amides is 3. The molecule has 37 heavy (non-hydrogen) atoms. The molecule has 10 heteroatoms. The summed E-state index contributed by atoms with van der Waals surface area (Å²) < 4.78 is 38.0. The summed E-state index contributed by atoms with van der Waals surface area (Å²) in [5.41, 5.74) is 2.75. The molecule has 0 saturated carbocycles. The SMILES string of the molecule is CC(C)[C@@H](C(=O)O)N1Cc2cc(-c3ccc(NC(=O)Nc4ccc(C(F)(F)F)cc4)cc3)ccc2C1=O. The highest BCUT2D eigenvalue weighted by atomic mass is 19.4. The largest absolute Gasteiger partial charge is 0.480 e. The van der Waals surface area contributed by atoms with E-state index in [-0.39, 0.29) is 24.1 Å². The van der Waals surface area contributed by atoms with Crippen LogP contribution in [-0.2, 0) is 17.5 Å². The van der Waals surface area contributed by atoms with Gasteiger partial charge in [-0.2, -0.15) is 13.2 Å². The summed E-state index contributed by atoms with van der Waals surface area (Å²) in [6.07, 6.45) is -4.45. The molecule has 3 amide bonds. The highest BCUT2D eigenvalue weighted by Crippen LogP contribution is 2.32. The Morgan fingerprint density at radius 1 is 0.892 bits per heavy atom. The number of hydrogen-bond acceptors (Lipinski definition) is 3. The third-order valence-electron chi connectivity index (χ3n) is 6.10. The molecule has 0 spiro atoms. The Kier molecular flexibility index (Phi) is 6.93. The minimum absolute atomic E-state index is 0.209. The maximum Gasteiger partial charge on any atom is 0.416 e. The van der Waals surface area contributed by atoms with Crippen molar-refractivity contribution >= 4 is 29.3 Å². The number of anilines is 2. The molecule has 7 nitrogen and oxygen atoms in total. The van der Waals surface area contributed by atoms with E-state index in [1.54, 1.807) is 50.2 Å². The van der Waals surface area contributed by atoms with Crippen molar-refractivity contribution in [1.29, 1.82) is 0 Å². The Morgan fingerprint density at radius 2 is 1.43 bits per heavy atom. The quantitative estimate of drug-likeness (QED) is 0.374. The van der Waals surface area contributed by atoms with Gasteiger partial charge in [0.2, 0.25) is 0 Å². The van der Waals surface area contributed by atoms with Crippen molar-refractivity contribution in [2.24, 2.45) is 5.92 Å². The summed E-state index contributed by atoms with van der Waals surface area (Å²) in [6, 6.07) is 14.8. The van der Waals surface area contributed by atoms with Crippen molar-refractivity contribution in [2.75, 3.05) is 10.6 Å². The zero-order valence-electron chi connectivity index (χ0n) is 20.0. The molecule has 0 saturated heterocycles. The summed E-state index contributed by atoms with van der Waals surface area (Å²) in [5.74, 6) is -1.59. The number of carboxylic acids is 1. The first kappa shape index (κ1) is 25.7. The van der Waals surface area contributed by atoms with Crippen molar-refractivity contribution in [1.82, 2.24) is 4.90 Å². The molecule has 192 valence electrons. The highest BCUT2D eigenvalue weighted by Gasteiger charge is 2.38. The number of urea groups is 1. The van der Waals surface area contributed by atoms with Crippen LogP contribution in [0.1, 0.15) is 35.3 Å². The smallest absolute Gasteiger partial charge is 0.416 e. The highest BCUT2D eigenvalue weighted by molar-refractivity contribution is 6.01. The molecular formula is C27H24F3N3O4. The van der Waals surface area contributed by atoms with Crippen LogP contribution in [0.5, 0.6) is 0 Å². The molecule has 0 bridgehead atoms. The van der Waals surface area contributed by atoms with E-state index in [1.165, 1.54) is 17.0 Å². The third kappa shape index (κ3) is 5.58. The van der Waals surface area contributed by atoms with Gasteiger partial charge in [-0.15, -0.1) is 0 Å². The van der Waals surface area contributed by atoms with E-state index >= 15 is 0 Å². The number of halogens is 3. The number of carbonyl (C=O) groups excluding carboxylic acids is 2. The van der Waals surface area contributed by atoms with Gasteiger partial charge in [-0.1, -0.05) is 32.0 Å². The van der Waals surface area contributed by atoms with Gasteiger partial charge in [0.05, 0.1) is 5.56 Å². The van der Waals surface area contributed by atoms with Gasteiger partial charge < -0.3 is 20.6 Å². The first-order chi connectivity index (χ1) is 17.4. The van der Waals surface area contributed by atoms with Crippen molar-refractivity contribution in [3.63, 3.8) is 0 Å². The van der Waals surface area contributed by atoms with Crippen LogP contribution < -0.4 is 10.6 Å². The molecular weight excluding hydrogens is 487 g/mol. The molecule has 1 atom stereocenters. The van der Waals surface area contributed by atoms with Gasteiger partial charge in [0, 0.05) is 23.5 Å². The van der Waals surface area contributed by atoms with Gasteiger partial charge in [-0.05, 0) is 71.1 Å². The van der Waals surface area contributed by atoms with Crippen molar-refractivity contribution < 1.29 is 32.7 Å². The summed E-state index contributed by atoms with van der Waals surface area (Å²) in [7, 11) is 0. The second kappa shape index (κ2) is 9.96. The van der Waals surface area contributed by atoms with Gasteiger partial charge >= 0.3 is 18.2 Å². The maximum atomic E-state index is 12.8. The van der Waals surface area contributed by atoms with Gasteiger partial charge in [-0.3, -0.25) is 4.79 Å². The van der Waals surface area contributed by atoms with Gasteiger partial charge in [-0.25, -0.2) is 9.59 Å². The van der Waals surface area contributed by atoms with E-state index < -0.39 is 29.8 Å². The van der Waals surface area contributed by atoms with Gasteiger partial charge in [0.25, 0.3) is 5.91 Å². The van der Waals surface area contributed by atoms with Crippen LogP contribution in [0.25, 0.3) is 11.1 Å². The van der Waals surface area contributed by atoms with Crippen LogP contribution in [0, 0.1) is 5.92 Å². The van der Waals surface area contributed by atoms with Crippen LogP contribution in [0.3, 0.4) is 0 Å². The number of carboxylic acid groups (broad SMARTS) is 1. The predicted octanol–water partition coefficient (Wildman–Crippen LogP) is 6.08. The monoisotopic (exact) mass is 511 g/mol. The number of hydrogen-bond donors (Lipinski definition) is 3. The number of alkyl halides is 3. The lowest BCUT2D eigenvalue weighted by Gasteiger charge is -2.27. The molecule has 3 aromatic carbocycles. The maximum absolute atomic E-state index is 12.8. The van der Waals surface area contributed by atoms with Gasteiger partial charge in [0.15, 0.2) is 0 Å². The van der Waals surface area contributed by atoms with E-state index in [0.29, 0.717) is 11.3 Å². The van der Waals surface area contributed by atoms with Crippen LogP contribution in [0.2, 0.25) is 0 Å². The first-order valence-electron chi connectivity index (χ1n) is 11.5. The first-order valence-corrected chi connectivity index (χ1v) is 11.5. The molecule has 0 aromatic heterocycles. The minimum Gasteiger partial charge on any atom is -0.480 e. The minimum atomic E-state index is -4.45. The number of fused-ring (bicyclic) bond motifs is 1. The third-order valence-corrected chi connectivity index (χ3v) is 6.10. The second-order valence-corrected chi connectivity index (χ2v) is 9.06. The summed E-state index contributed by atoms with van der Waals surface area (Å²) in [6.45, 7) is 3.74. The average Bonchev–Trinajstić information content (AvgIpc) is 3.14. The molecule has 1 heterocycles. The Morgan fingerprint density at radius 3 is 1.95 bits per heavy atom. The molecule has 3 aromatic rings. The summed E-state index contributed by atoms with van der Waals surface area (Å²) >= 11 is 0. The zero-order valence-corrected chi connectivity index (χ0v) is 20.0. The topological polar surface area (TPSA) is 98.7 Å². The molecule has 0 fully saturated rings. The van der Waals surface area contributed by atoms with Gasteiger partial charge in [0.1, 0.15) is 6.04 Å². The summed E-state index contributed by atoms with van der Waals surface area (Å²) in [4.78, 5) is 38.1. The van der Waals surface area contributed by atoms with E-state index in [1.807, 2.05) is 6.07 Å². The number of nitrogens with one attached hydrogen (secondary N) is 2. The lowest BCUT2D eigenvalue weighted by Crippen LogP contribution is -2.44. The van der Waals surface area contributed by atoms with E-state index in [0.717, 1.165) is 28.8 Å². The number of aliphatic carboxylic acids is 1. The van der Waals surface area contributed by atoms with Crippen LogP contribution in [0.4, 0.5) is 29.3 Å². The lowest BCUT2D eigenvalue weighted by atomic mass is 10.0. The normalized spacial score (nSPS) is 13.9. The summed E-state index contributed by atoms with van der Waals surface area (Å²) in [5, 5.41) is 14.7. The van der Waals surface area contributed by atoms with Crippen molar-refractivity contribution in [3.8, 4) is 11.1 Å². The Balaban J connectivity index is 1.42. The van der Waals surface area contributed by atoms with Crippen LogP contribution >= 0.6 is 0 Å². The molecule has 1 aliphatic heterocycles. The molecule has 3 N–H and O–H groups in total. The Hall–Kier alpha value is -4.34. The zero-order chi connectivity index (χ0) is 26.9. The fraction of sp³-hybridized carbons (Fsp3) is 0.222. The van der Waals surface area contributed by atoms with E-state index in [4.69, 9.17) is 0 Å². The molecule has 0 unspecified atom stereocenters. The van der Waals surface area contributed by atoms with Crippen LogP contribution in [0.15, 0.2) is 66.7 Å². The van der Waals surface area contributed by atoms with E-state index in [2.05, 4.69) is 10.6 Å². The predicted molar refractivity (Wildman–Crippen MR) is 132 cm³/mol. The molecule has 0 radical (unpaired) electrons. The van der Waals surface area contributed by atoms with Crippen molar-refractivity contribution in [2.45, 2.75) is 32.6 Å². The van der Waals surface area contributed by atoms with Crippen molar-refractivity contribution in [3.05, 3.63) is 83.4 Å². The number of nitrogens with zero attached hydrogens (tertiary/aromatic N) is 1. The molecule has 1 aliphatic rings. The number of benzene rings is 3. The van der Waals surface area contributed by atoms with E-state index in [9.17, 15) is 32.7 Å². The van der Waals surface area contributed by atoms with Crippen LogP contribution in [-0.4, -0.2) is 34.0 Å². The molecule has 0 aliphatic carbocycles. The number of rotatable bonds is 6. The lowest BCUT2D eigenvalue weighted by molar-refractivity contribution is -0.144. The fourth-order valence-corrected chi connectivity index (χ4v) is 4.31. The Bertz CT molecular complexity index is 1340. The standard InChI is InChI=1S/C27H24F3N3O4/c1-15(2)23(25(35)36)33-14-18-13-17(5-12-22(18)24(33)34)16-3-8-20(9-4-16)31-26(37)32-21-10-6-19(7-11-21)27(28,29)30/h3-13,15,23H,14H2,1-2H3,(H,35,36)(H2,31,32,37)/t23-/m0/s1. The second-order valence-electron chi connectivity index (χ2n) is 9.06.